The molecular formula is C15H10BrFO2. The number of hydrogen-bond acceptors (Lipinski definition) is 2. The molecule has 3 rings (SSSR count). The third-order valence-electron chi connectivity index (χ3n) is 2.97. The third kappa shape index (κ3) is 2.29. The minimum atomic E-state index is -0.903. The van der Waals surface area contributed by atoms with Crippen molar-refractivity contribution in [3.8, 4) is 0 Å². The first-order valence-corrected chi connectivity index (χ1v) is 6.56. The molecule has 0 spiro atoms. The van der Waals surface area contributed by atoms with Crippen LogP contribution in [0.2, 0.25) is 0 Å². The van der Waals surface area contributed by atoms with Gasteiger partial charge in [0.25, 0.3) is 0 Å². The summed E-state index contributed by atoms with van der Waals surface area (Å²) in [6.07, 6.45) is -0.903. The first kappa shape index (κ1) is 12.4. The summed E-state index contributed by atoms with van der Waals surface area (Å²) < 4.78 is 19.9. The van der Waals surface area contributed by atoms with Crippen LogP contribution < -0.4 is 0 Å². The van der Waals surface area contributed by atoms with Crippen LogP contribution in [0.25, 0.3) is 11.0 Å². The predicted octanol–water partition coefficient (Wildman–Crippen LogP) is 4.42. The number of benzene rings is 2. The van der Waals surface area contributed by atoms with E-state index < -0.39 is 11.9 Å². The van der Waals surface area contributed by atoms with E-state index in [1.54, 1.807) is 30.3 Å². The molecule has 1 unspecified atom stereocenters. The molecule has 0 amide bonds. The fourth-order valence-electron chi connectivity index (χ4n) is 1.99. The van der Waals surface area contributed by atoms with Gasteiger partial charge in [0.05, 0.1) is 0 Å². The highest BCUT2D eigenvalue weighted by Crippen LogP contribution is 2.29. The predicted molar refractivity (Wildman–Crippen MR) is 74.4 cm³/mol. The average molecular weight is 321 g/mol. The van der Waals surface area contributed by atoms with Gasteiger partial charge in [-0.3, -0.25) is 0 Å². The SMILES string of the molecule is OC(c1ccc(Br)cc1)c1cc2cccc(F)c2o1. The highest BCUT2D eigenvalue weighted by atomic mass is 79.9. The molecule has 0 aliphatic rings. The van der Waals surface area contributed by atoms with E-state index >= 15 is 0 Å². The van der Waals surface area contributed by atoms with Crippen molar-refractivity contribution in [2.75, 3.05) is 0 Å². The van der Waals surface area contributed by atoms with Crippen LogP contribution in [-0.2, 0) is 0 Å². The van der Waals surface area contributed by atoms with Crippen molar-refractivity contribution >= 4 is 26.9 Å². The fraction of sp³-hybridized carbons (Fsp3) is 0.0667. The summed E-state index contributed by atoms with van der Waals surface area (Å²) in [6.45, 7) is 0. The monoisotopic (exact) mass is 320 g/mol. The number of halogens is 2. The van der Waals surface area contributed by atoms with Crippen LogP contribution in [0.15, 0.2) is 57.4 Å². The number of hydrogen-bond donors (Lipinski definition) is 1. The van der Waals surface area contributed by atoms with Gasteiger partial charge in [0, 0.05) is 9.86 Å². The zero-order valence-electron chi connectivity index (χ0n) is 9.81. The van der Waals surface area contributed by atoms with Crippen LogP contribution in [0.1, 0.15) is 17.4 Å². The average Bonchev–Trinajstić information content (AvgIpc) is 2.84. The summed E-state index contributed by atoms with van der Waals surface area (Å²) in [7, 11) is 0. The number of aliphatic hydroxyl groups excluding tert-OH is 1. The van der Waals surface area contributed by atoms with E-state index in [0.29, 0.717) is 16.7 Å². The molecule has 0 saturated heterocycles. The molecule has 0 radical (unpaired) electrons. The second kappa shape index (κ2) is 4.79. The molecule has 19 heavy (non-hydrogen) atoms. The highest BCUT2D eigenvalue weighted by Gasteiger charge is 2.16. The van der Waals surface area contributed by atoms with E-state index in [0.717, 1.165) is 4.47 Å². The van der Waals surface area contributed by atoms with E-state index in [9.17, 15) is 9.50 Å². The van der Waals surface area contributed by atoms with Crippen molar-refractivity contribution in [2.45, 2.75) is 6.10 Å². The van der Waals surface area contributed by atoms with E-state index in [1.165, 1.54) is 6.07 Å². The summed E-state index contributed by atoms with van der Waals surface area (Å²) in [6, 6.07) is 13.6. The van der Waals surface area contributed by atoms with Crippen molar-refractivity contribution in [1.82, 2.24) is 0 Å². The van der Waals surface area contributed by atoms with Crippen LogP contribution in [0.4, 0.5) is 4.39 Å². The standard InChI is InChI=1S/C15H10BrFO2/c16-11-6-4-9(5-7-11)14(18)13-8-10-2-1-3-12(17)15(10)19-13/h1-8,14,18H. The number of aliphatic hydroxyl groups is 1. The molecule has 0 bridgehead atoms. The summed E-state index contributed by atoms with van der Waals surface area (Å²) >= 11 is 3.33. The molecule has 0 saturated carbocycles. The summed E-state index contributed by atoms with van der Waals surface area (Å²) in [5.74, 6) is -0.0887. The Labute approximate surface area is 117 Å². The van der Waals surface area contributed by atoms with Crippen molar-refractivity contribution in [3.05, 3.63) is 70.1 Å². The van der Waals surface area contributed by atoms with Gasteiger partial charge in [-0.05, 0) is 29.8 Å². The number of furan rings is 1. The zero-order chi connectivity index (χ0) is 13.4. The van der Waals surface area contributed by atoms with Gasteiger partial charge in [-0.15, -0.1) is 0 Å². The van der Waals surface area contributed by atoms with Gasteiger partial charge >= 0.3 is 0 Å². The van der Waals surface area contributed by atoms with Crippen molar-refractivity contribution in [1.29, 1.82) is 0 Å². The molecule has 4 heteroatoms. The molecule has 3 aromatic rings. The van der Waals surface area contributed by atoms with Crippen molar-refractivity contribution in [3.63, 3.8) is 0 Å². The van der Waals surface area contributed by atoms with Crippen LogP contribution in [0.5, 0.6) is 0 Å². The van der Waals surface area contributed by atoms with E-state index in [4.69, 9.17) is 4.42 Å². The Morgan fingerprint density at radius 1 is 1.11 bits per heavy atom. The Morgan fingerprint density at radius 3 is 2.53 bits per heavy atom. The number of para-hydroxylation sites is 1. The lowest BCUT2D eigenvalue weighted by Crippen LogP contribution is -1.97. The van der Waals surface area contributed by atoms with Gasteiger partial charge in [-0.2, -0.15) is 0 Å². The minimum Gasteiger partial charge on any atom is -0.455 e. The fourth-order valence-corrected chi connectivity index (χ4v) is 2.26. The van der Waals surface area contributed by atoms with Crippen LogP contribution >= 0.6 is 15.9 Å². The summed E-state index contributed by atoms with van der Waals surface area (Å²) in [4.78, 5) is 0. The lowest BCUT2D eigenvalue weighted by Gasteiger charge is -2.07. The maximum Gasteiger partial charge on any atom is 0.170 e. The Morgan fingerprint density at radius 2 is 1.84 bits per heavy atom. The Hall–Kier alpha value is -1.65. The molecule has 1 heterocycles. The molecule has 1 N–H and O–H groups in total. The smallest absolute Gasteiger partial charge is 0.170 e. The molecule has 2 nitrogen and oxygen atoms in total. The van der Waals surface area contributed by atoms with Gasteiger partial charge in [-0.1, -0.05) is 40.2 Å². The van der Waals surface area contributed by atoms with Crippen LogP contribution in [-0.4, -0.2) is 5.11 Å². The van der Waals surface area contributed by atoms with Gasteiger partial charge in [-0.25, -0.2) is 4.39 Å². The third-order valence-corrected chi connectivity index (χ3v) is 3.50. The van der Waals surface area contributed by atoms with E-state index in [-0.39, 0.29) is 5.58 Å². The molecule has 2 aromatic carbocycles. The van der Waals surface area contributed by atoms with Crippen LogP contribution in [0, 0.1) is 5.82 Å². The molecule has 0 fully saturated rings. The Bertz CT molecular complexity index is 719. The molecule has 1 aromatic heterocycles. The largest absolute Gasteiger partial charge is 0.455 e. The van der Waals surface area contributed by atoms with E-state index in [2.05, 4.69) is 15.9 Å². The van der Waals surface area contributed by atoms with E-state index in [1.807, 2.05) is 12.1 Å². The summed E-state index contributed by atoms with van der Waals surface area (Å²) in [5, 5.41) is 10.9. The molecule has 0 aliphatic carbocycles. The maximum absolute atomic E-state index is 13.5. The van der Waals surface area contributed by atoms with Gasteiger partial charge in [0.15, 0.2) is 11.4 Å². The molecule has 96 valence electrons. The topological polar surface area (TPSA) is 33.4 Å². The zero-order valence-corrected chi connectivity index (χ0v) is 11.4. The van der Waals surface area contributed by atoms with Crippen molar-refractivity contribution < 1.29 is 13.9 Å². The Kier molecular flexibility index (Phi) is 3.12. The second-order valence-electron chi connectivity index (χ2n) is 4.26. The molecule has 1 atom stereocenters. The highest BCUT2D eigenvalue weighted by molar-refractivity contribution is 9.10. The van der Waals surface area contributed by atoms with Gasteiger partial charge < -0.3 is 9.52 Å². The molecular weight excluding hydrogens is 311 g/mol. The Balaban J connectivity index is 2.04. The van der Waals surface area contributed by atoms with Gasteiger partial charge in [0.1, 0.15) is 11.9 Å². The normalized spacial score (nSPS) is 12.8. The van der Waals surface area contributed by atoms with Crippen LogP contribution in [0.3, 0.4) is 0 Å². The van der Waals surface area contributed by atoms with Gasteiger partial charge in [0.2, 0.25) is 0 Å². The first-order valence-electron chi connectivity index (χ1n) is 5.76. The molecule has 0 aliphatic heterocycles. The number of rotatable bonds is 2. The first-order chi connectivity index (χ1) is 9.15. The second-order valence-corrected chi connectivity index (χ2v) is 5.18. The lowest BCUT2D eigenvalue weighted by atomic mass is 10.1. The quantitative estimate of drug-likeness (QED) is 0.758. The minimum absolute atomic E-state index is 0.175. The summed E-state index contributed by atoms with van der Waals surface area (Å²) in [5.41, 5.74) is 0.872. The number of fused-ring (bicyclic) bond motifs is 1. The maximum atomic E-state index is 13.5. The lowest BCUT2D eigenvalue weighted by molar-refractivity contribution is 0.192. The van der Waals surface area contributed by atoms with Crippen molar-refractivity contribution in [2.24, 2.45) is 0 Å².